The lowest BCUT2D eigenvalue weighted by Crippen LogP contribution is -2.53. The number of piperidine rings is 1. The molecule has 1 amide bonds. The van der Waals surface area contributed by atoms with Crippen LogP contribution >= 0.6 is 0 Å². The molecular formula is C17H27NO. The highest BCUT2D eigenvalue weighted by molar-refractivity contribution is 5.80. The van der Waals surface area contributed by atoms with Gasteiger partial charge in [0, 0.05) is 18.5 Å². The van der Waals surface area contributed by atoms with Crippen LogP contribution in [0.2, 0.25) is 0 Å². The molecule has 4 aliphatic rings. The topological polar surface area (TPSA) is 20.3 Å². The second-order valence-corrected chi connectivity index (χ2v) is 7.74. The van der Waals surface area contributed by atoms with E-state index in [-0.39, 0.29) is 0 Å². The van der Waals surface area contributed by atoms with Crippen LogP contribution in [0.5, 0.6) is 0 Å². The minimum absolute atomic E-state index is 0.403. The molecule has 1 heterocycles. The number of hydrogen-bond acceptors (Lipinski definition) is 1. The molecule has 0 aromatic carbocycles. The summed E-state index contributed by atoms with van der Waals surface area (Å²) >= 11 is 0. The Bertz CT molecular complexity index is 369. The number of rotatable bonds is 1. The molecule has 3 aliphatic carbocycles. The van der Waals surface area contributed by atoms with E-state index in [1.54, 1.807) is 0 Å². The van der Waals surface area contributed by atoms with E-state index in [9.17, 15) is 4.79 Å². The quantitative estimate of drug-likeness (QED) is 0.708. The molecule has 19 heavy (non-hydrogen) atoms. The van der Waals surface area contributed by atoms with Crippen LogP contribution in [0.1, 0.15) is 58.3 Å². The molecule has 5 atom stereocenters. The van der Waals surface area contributed by atoms with E-state index in [1.165, 1.54) is 51.4 Å². The van der Waals surface area contributed by atoms with Crippen LogP contribution in [0.3, 0.4) is 0 Å². The maximum absolute atomic E-state index is 12.9. The molecule has 1 saturated heterocycles. The summed E-state index contributed by atoms with van der Waals surface area (Å²) in [7, 11) is 0. The lowest BCUT2D eigenvalue weighted by atomic mass is 9.72. The summed E-state index contributed by atoms with van der Waals surface area (Å²) in [5, 5.41) is 0. The van der Waals surface area contributed by atoms with Gasteiger partial charge in [0.25, 0.3) is 0 Å². The van der Waals surface area contributed by atoms with Crippen molar-refractivity contribution >= 4 is 5.91 Å². The molecule has 4 fully saturated rings. The molecular weight excluding hydrogens is 234 g/mol. The van der Waals surface area contributed by atoms with Gasteiger partial charge in [-0.2, -0.15) is 0 Å². The van der Waals surface area contributed by atoms with Gasteiger partial charge < -0.3 is 4.90 Å². The van der Waals surface area contributed by atoms with Crippen molar-refractivity contribution in [2.45, 2.75) is 64.3 Å². The highest BCUT2D eigenvalue weighted by atomic mass is 16.2. The van der Waals surface area contributed by atoms with Crippen LogP contribution in [0.25, 0.3) is 0 Å². The Labute approximate surface area is 116 Å². The van der Waals surface area contributed by atoms with Gasteiger partial charge in [-0.15, -0.1) is 0 Å². The van der Waals surface area contributed by atoms with Crippen LogP contribution in [-0.4, -0.2) is 23.4 Å². The van der Waals surface area contributed by atoms with Crippen molar-refractivity contribution in [1.82, 2.24) is 4.90 Å². The molecule has 0 aromatic heterocycles. The zero-order valence-corrected chi connectivity index (χ0v) is 12.2. The standard InChI is InChI=1S/C17H27NO/c1-11-6-7-18(16-5-3-2-4-15(11)16)17(19)14-9-12-8-13(12)10-14/h11-16H,2-10H2,1H3. The van der Waals surface area contributed by atoms with Gasteiger partial charge in [0.2, 0.25) is 5.91 Å². The number of nitrogens with zero attached hydrogens (tertiary/aromatic N) is 1. The van der Waals surface area contributed by atoms with Crippen molar-refractivity contribution in [1.29, 1.82) is 0 Å². The Kier molecular flexibility index (Phi) is 2.89. The van der Waals surface area contributed by atoms with Gasteiger partial charge in [-0.3, -0.25) is 4.79 Å². The van der Waals surface area contributed by atoms with Crippen molar-refractivity contribution in [3.8, 4) is 0 Å². The first-order valence-corrected chi connectivity index (χ1v) is 8.54. The molecule has 4 rings (SSSR count). The molecule has 0 bridgehead atoms. The molecule has 0 aromatic rings. The number of carbonyl (C=O) groups excluding carboxylic acids is 1. The summed E-state index contributed by atoms with van der Waals surface area (Å²) < 4.78 is 0. The van der Waals surface area contributed by atoms with Gasteiger partial charge in [0.05, 0.1) is 0 Å². The van der Waals surface area contributed by atoms with Gasteiger partial charge in [0.15, 0.2) is 0 Å². The second-order valence-electron chi connectivity index (χ2n) is 7.74. The molecule has 0 spiro atoms. The first-order chi connectivity index (χ1) is 9.24. The first-order valence-electron chi connectivity index (χ1n) is 8.54. The summed E-state index contributed by atoms with van der Waals surface area (Å²) in [4.78, 5) is 15.2. The van der Waals surface area contributed by atoms with Crippen LogP contribution < -0.4 is 0 Å². The lowest BCUT2D eigenvalue weighted by molar-refractivity contribution is -0.143. The minimum atomic E-state index is 0.403. The third kappa shape index (κ3) is 2.02. The fraction of sp³-hybridized carbons (Fsp3) is 0.941. The smallest absolute Gasteiger partial charge is 0.225 e. The molecule has 3 saturated carbocycles. The molecule has 0 radical (unpaired) electrons. The zero-order valence-electron chi connectivity index (χ0n) is 12.2. The van der Waals surface area contributed by atoms with E-state index in [0.717, 1.165) is 30.2 Å². The first kappa shape index (κ1) is 12.2. The Morgan fingerprint density at radius 3 is 2.53 bits per heavy atom. The zero-order chi connectivity index (χ0) is 13.0. The highest BCUT2D eigenvalue weighted by Gasteiger charge is 2.50. The largest absolute Gasteiger partial charge is 0.339 e. The molecule has 2 heteroatoms. The van der Waals surface area contributed by atoms with Crippen LogP contribution in [0, 0.1) is 29.6 Å². The SMILES string of the molecule is CC1CCN(C(=O)C2CC3CC3C2)C2CCCCC12. The Balaban J connectivity index is 1.48. The fourth-order valence-corrected chi connectivity index (χ4v) is 5.34. The second kappa shape index (κ2) is 4.49. The van der Waals surface area contributed by atoms with Crippen molar-refractivity contribution in [3.05, 3.63) is 0 Å². The summed E-state index contributed by atoms with van der Waals surface area (Å²) in [5.74, 6) is 4.45. The summed E-state index contributed by atoms with van der Waals surface area (Å²) in [6.07, 6.45) is 10.5. The molecule has 0 N–H and O–H groups in total. The van der Waals surface area contributed by atoms with Gasteiger partial charge in [-0.05, 0) is 62.2 Å². The van der Waals surface area contributed by atoms with Crippen molar-refractivity contribution in [2.24, 2.45) is 29.6 Å². The number of fused-ring (bicyclic) bond motifs is 2. The molecule has 2 nitrogen and oxygen atoms in total. The van der Waals surface area contributed by atoms with Crippen molar-refractivity contribution < 1.29 is 4.79 Å². The number of hydrogen-bond donors (Lipinski definition) is 0. The van der Waals surface area contributed by atoms with E-state index >= 15 is 0 Å². The van der Waals surface area contributed by atoms with E-state index in [0.29, 0.717) is 17.9 Å². The van der Waals surface area contributed by atoms with Gasteiger partial charge in [-0.25, -0.2) is 0 Å². The summed E-state index contributed by atoms with van der Waals surface area (Å²) in [6.45, 7) is 3.46. The van der Waals surface area contributed by atoms with E-state index in [2.05, 4.69) is 11.8 Å². The fourth-order valence-electron chi connectivity index (χ4n) is 5.34. The highest BCUT2D eigenvalue weighted by Crippen LogP contribution is 2.55. The van der Waals surface area contributed by atoms with Gasteiger partial charge in [-0.1, -0.05) is 19.8 Å². The average molecular weight is 261 g/mol. The van der Waals surface area contributed by atoms with E-state index in [1.807, 2.05) is 0 Å². The number of amides is 1. The van der Waals surface area contributed by atoms with E-state index in [4.69, 9.17) is 0 Å². The van der Waals surface area contributed by atoms with Crippen LogP contribution in [-0.2, 0) is 4.79 Å². The predicted molar refractivity (Wildman–Crippen MR) is 75.6 cm³/mol. The Morgan fingerprint density at radius 1 is 1.00 bits per heavy atom. The number of carbonyl (C=O) groups is 1. The molecule has 1 aliphatic heterocycles. The third-order valence-electron chi connectivity index (χ3n) is 6.61. The maximum atomic E-state index is 12.9. The Morgan fingerprint density at radius 2 is 1.74 bits per heavy atom. The average Bonchev–Trinajstić information content (AvgIpc) is 3.05. The minimum Gasteiger partial charge on any atom is -0.339 e. The van der Waals surface area contributed by atoms with E-state index < -0.39 is 0 Å². The molecule has 106 valence electrons. The van der Waals surface area contributed by atoms with Crippen molar-refractivity contribution in [3.63, 3.8) is 0 Å². The van der Waals surface area contributed by atoms with Crippen molar-refractivity contribution in [2.75, 3.05) is 6.54 Å². The normalized spacial score (nSPS) is 48.6. The molecule has 5 unspecified atom stereocenters. The summed E-state index contributed by atoms with van der Waals surface area (Å²) in [5.41, 5.74) is 0. The maximum Gasteiger partial charge on any atom is 0.225 e. The third-order valence-corrected chi connectivity index (χ3v) is 6.61. The summed E-state index contributed by atoms with van der Waals surface area (Å²) in [6, 6.07) is 0.599. The monoisotopic (exact) mass is 261 g/mol. The lowest BCUT2D eigenvalue weighted by Gasteiger charge is -2.48. The number of likely N-dealkylation sites (tertiary alicyclic amines) is 1. The van der Waals surface area contributed by atoms with Gasteiger partial charge in [0.1, 0.15) is 0 Å². The van der Waals surface area contributed by atoms with Crippen LogP contribution in [0.4, 0.5) is 0 Å². The predicted octanol–water partition coefficient (Wildman–Crippen LogP) is 3.46. The Hall–Kier alpha value is -0.530. The van der Waals surface area contributed by atoms with Gasteiger partial charge >= 0.3 is 0 Å². The van der Waals surface area contributed by atoms with Crippen LogP contribution in [0.15, 0.2) is 0 Å².